The highest BCUT2D eigenvalue weighted by Gasteiger charge is 2.81. The predicted molar refractivity (Wildman–Crippen MR) is 119 cm³/mol. The molecule has 31 heavy (non-hydrogen) atoms. The van der Waals surface area contributed by atoms with Crippen molar-refractivity contribution < 1.29 is 27.5 Å². The van der Waals surface area contributed by atoms with Crippen LogP contribution in [-0.2, 0) is 29.1 Å². The molecule has 2 heterocycles. The summed E-state index contributed by atoms with van der Waals surface area (Å²) in [5.41, 5.74) is -0.798. The summed E-state index contributed by atoms with van der Waals surface area (Å²) in [7, 11) is -4.41. The molecule has 170 valence electrons. The van der Waals surface area contributed by atoms with Crippen molar-refractivity contribution >= 4 is 56.9 Å². The van der Waals surface area contributed by atoms with E-state index in [0.29, 0.717) is 10.1 Å². The van der Waals surface area contributed by atoms with Crippen molar-refractivity contribution in [2.45, 2.75) is 47.9 Å². The molecule has 0 saturated carbocycles. The van der Waals surface area contributed by atoms with E-state index in [4.69, 9.17) is 32.7 Å². The molecule has 1 aromatic carbocycles. The van der Waals surface area contributed by atoms with Crippen molar-refractivity contribution in [3.05, 3.63) is 42.2 Å². The lowest BCUT2D eigenvalue weighted by molar-refractivity contribution is -0.146. The highest BCUT2D eigenvalue weighted by atomic mass is 35.5. The number of carbonyl (C=O) groups excluding carboxylic acids is 2. The standard InChI is InChI=1S/C20H23Cl2NO6S2/c1-4-5-12-30-20-18(10-11-29-20,13-28-15(3)24)19(21,22)17(25)23(20)31(26,27)16-8-6-14(2)7-9-16/h6-11H,4-5,12-13H2,1-3H3/t18-,20-/m0/s1. The molecular formula is C20H23Cl2NO6S2. The Morgan fingerprint density at radius 2 is 1.90 bits per heavy atom. The number of benzene rings is 1. The largest absolute Gasteiger partial charge is 0.465 e. The summed E-state index contributed by atoms with van der Waals surface area (Å²) in [5, 5.41) is -1.85. The number of alkyl halides is 2. The van der Waals surface area contributed by atoms with Gasteiger partial charge >= 0.3 is 5.97 Å². The van der Waals surface area contributed by atoms with Crippen molar-refractivity contribution in [3.8, 4) is 0 Å². The summed E-state index contributed by atoms with van der Waals surface area (Å²) in [6, 6.07) is 6.06. The molecule has 2 aliphatic heterocycles. The summed E-state index contributed by atoms with van der Waals surface area (Å²) in [6.45, 7) is 4.56. The lowest BCUT2D eigenvalue weighted by Gasteiger charge is -2.42. The second kappa shape index (κ2) is 8.50. The molecule has 0 N–H and O–H groups in total. The number of ether oxygens (including phenoxy) is 2. The van der Waals surface area contributed by atoms with E-state index in [9.17, 15) is 18.0 Å². The first kappa shape index (κ1) is 24.2. The zero-order chi connectivity index (χ0) is 23.1. The summed E-state index contributed by atoms with van der Waals surface area (Å²) < 4.78 is 36.7. The molecule has 1 fully saturated rings. The quantitative estimate of drug-likeness (QED) is 0.298. The van der Waals surface area contributed by atoms with Crippen LogP contribution in [0.15, 0.2) is 41.5 Å². The molecular weight excluding hydrogens is 485 g/mol. The second-order valence-corrected chi connectivity index (χ2v) is 11.8. The van der Waals surface area contributed by atoms with E-state index in [1.54, 1.807) is 12.1 Å². The number of fused-ring (bicyclic) bond motifs is 1. The van der Waals surface area contributed by atoms with Crippen LogP contribution in [-0.4, -0.2) is 46.3 Å². The number of hydrogen-bond acceptors (Lipinski definition) is 7. The average Bonchev–Trinajstić information content (AvgIpc) is 3.12. The van der Waals surface area contributed by atoms with Crippen LogP contribution in [0.4, 0.5) is 0 Å². The van der Waals surface area contributed by atoms with Gasteiger partial charge in [-0.1, -0.05) is 66.0 Å². The summed E-state index contributed by atoms with van der Waals surface area (Å²) in [6.07, 6.45) is 4.23. The maximum absolute atomic E-state index is 13.7. The van der Waals surface area contributed by atoms with Gasteiger partial charge in [-0.25, -0.2) is 8.42 Å². The fourth-order valence-corrected chi connectivity index (χ4v) is 8.01. The second-order valence-electron chi connectivity index (χ2n) is 7.42. The highest BCUT2D eigenvalue weighted by molar-refractivity contribution is 8.01. The van der Waals surface area contributed by atoms with E-state index in [0.717, 1.165) is 30.2 Å². The van der Waals surface area contributed by atoms with Gasteiger partial charge in [-0.15, -0.1) is 0 Å². The van der Waals surface area contributed by atoms with Crippen molar-refractivity contribution in [3.63, 3.8) is 0 Å². The Hall–Kier alpha value is -1.42. The minimum absolute atomic E-state index is 0.107. The van der Waals surface area contributed by atoms with E-state index in [1.807, 2.05) is 13.8 Å². The number of thioether (sulfide) groups is 1. The van der Waals surface area contributed by atoms with E-state index in [-0.39, 0.29) is 4.90 Å². The molecule has 0 bridgehead atoms. The van der Waals surface area contributed by atoms with Crippen molar-refractivity contribution in [1.29, 1.82) is 0 Å². The van der Waals surface area contributed by atoms with Gasteiger partial charge in [0.25, 0.3) is 21.0 Å². The van der Waals surface area contributed by atoms with Crippen molar-refractivity contribution in [2.75, 3.05) is 12.4 Å². The normalized spacial score (nSPS) is 26.6. The van der Waals surface area contributed by atoms with Crippen molar-refractivity contribution in [2.24, 2.45) is 5.41 Å². The smallest absolute Gasteiger partial charge is 0.302 e. The lowest BCUT2D eigenvalue weighted by atomic mass is 9.86. The third-order valence-electron chi connectivity index (χ3n) is 5.28. The predicted octanol–water partition coefficient (Wildman–Crippen LogP) is 3.98. The molecule has 0 unspecified atom stereocenters. The van der Waals surface area contributed by atoms with Gasteiger partial charge < -0.3 is 9.47 Å². The van der Waals surface area contributed by atoms with Crippen molar-refractivity contribution in [1.82, 2.24) is 4.31 Å². The fraction of sp³-hybridized carbons (Fsp3) is 0.500. The maximum Gasteiger partial charge on any atom is 0.302 e. The first-order valence-corrected chi connectivity index (χ1v) is 12.8. The maximum atomic E-state index is 13.7. The number of halogens is 2. The number of sulfonamides is 1. The molecule has 3 rings (SSSR count). The zero-order valence-electron chi connectivity index (χ0n) is 17.3. The molecule has 1 aromatic rings. The Balaban J connectivity index is 2.21. The molecule has 0 aromatic heterocycles. The Morgan fingerprint density at radius 3 is 2.48 bits per heavy atom. The first-order chi connectivity index (χ1) is 14.5. The number of aryl methyl sites for hydroxylation is 1. The van der Waals surface area contributed by atoms with E-state index in [2.05, 4.69) is 0 Å². The molecule has 1 saturated heterocycles. The number of esters is 1. The molecule has 2 atom stereocenters. The van der Waals surface area contributed by atoms with E-state index in [1.165, 1.54) is 31.4 Å². The zero-order valence-corrected chi connectivity index (χ0v) is 20.4. The minimum Gasteiger partial charge on any atom is -0.465 e. The van der Waals surface area contributed by atoms with Gasteiger partial charge in [-0.2, -0.15) is 4.31 Å². The van der Waals surface area contributed by atoms with Gasteiger partial charge in [0.05, 0.1) is 11.2 Å². The van der Waals surface area contributed by atoms with Gasteiger partial charge in [0.2, 0.25) is 4.33 Å². The van der Waals surface area contributed by atoms with Crippen LogP contribution < -0.4 is 0 Å². The Bertz CT molecular complexity index is 1010. The number of hydrogen-bond donors (Lipinski definition) is 0. The molecule has 2 aliphatic rings. The minimum atomic E-state index is -4.41. The Kier molecular flexibility index (Phi) is 6.64. The average molecular weight is 508 g/mol. The highest BCUT2D eigenvalue weighted by Crippen LogP contribution is 2.67. The van der Waals surface area contributed by atoms with Gasteiger partial charge in [0, 0.05) is 6.92 Å². The van der Waals surface area contributed by atoms with Crippen LogP contribution in [0.3, 0.4) is 0 Å². The van der Waals surface area contributed by atoms with Crippen LogP contribution >= 0.6 is 35.0 Å². The Labute approximate surface area is 196 Å². The van der Waals surface area contributed by atoms with Gasteiger partial charge in [0.15, 0.2) is 0 Å². The summed E-state index contributed by atoms with van der Waals surface area (Å²) in [5.74, 6) is -1.23. The van der Waals surface area contributed by atoms with Crippen LogP contribution in [0.5, 0.6) is 0 Å². The van der Waals surface area contributed by atoms with Crippen LogP contribution in [0, 0.1) is 12.3 Å². The van der Waals surface area contributed by atoms with Crippen LogP contribution in [0.25, 0.3) is 0 Å². The van der Waals surface area contributed by atoms with E-state index >= 15 is 0 Å². The van der Waals surface area contributed by atoms with E-state index < -0.39 is 43.3 Å². The summed E-state index contributed by atoms with van der Waals surface area (Å²) in [4.78, 5) is 24.9. The first-order valence-electron chi connectivity index (χ1n) is 9.63. The molecule has 11 heteroatoms. The third-order valence-corrected chi connectivity index (χ3v) is 9.69. The summed E-state index contributed by atoms with van der Waals surface area (Å²) >= 11 is 14.2. The number of nitrogens with zero attached hydrogens (tertiary/aromatic N) is 1. The number of carbonyl (C=O) groups is 2. The number of rotatable bonds is 8. The Morgan fingerprint density at radius 1 is 1.26 bits per heavy atom. The number of unbranched alkanes of at least 4 members (excludes halogenated alkanes) is 1. The fourth-order valence-electron chi connectivity index (χ4n) is 3.54. The topological polar surface area (TPSA) is 90.0 Å². The molecule has 0 aliphatic carbocycles. The van der Waals surface area contributed by atoms with Crippen LogP contribution in [0.1, 0.15) is 32.3 Å². The van der Waals surface area contributed by atoms with Gasteiger partial charge in [-0.3, -0.25) is 9.59 Å². The monoisotopic (exact) mass is 507 g/mol. The molecule has 7 nitrogen and oxygen atoms in total. The lowest BCUT2D eigenvalue weighted by Crippen LogP contribution is -2.56. The SMILES string of the molecule is CCCCS[C@@]12OC=C[C@]1(COC(C)=O)C(Cl)(Cl)C(=O)N2S(=O)(=O)c1ccc(C)cc1. The molecule has 1 amide bonds. The molecule has 0 spiro atoms. The van der Waals surface area contributed by atoms with Gasteiger partial charge in [0.1, 0.15) is 12.0 Å². The number of amides is 1. The van der Waals surface area contributed by atoms with Crippen LogP contribution in [0.2, 0.25) is 0 Å². The molecule has 0 radical (unpaired) electrons. The third kappa shape index (κ3) is 3.63. The van der Waals surface area contributed by atoms with Gasteiger partial charge in [-0.05, 0) is 37.3 Å².